The number of carboxylic acids is 1. The van der Waals surface area contributed by atoms with Crippen LogP contribution in [-0.2, 0) is 14.8 Å². The van der Waals surface area contributed by atoms with E-state index >= 15 is 0 Å². The number of carbonyl (C=O) groups excluding carboxylic acids is 1. The zero-order chi connectivity index (χ0) is 20.3. The van der Waals surface area contributed by atoms with Crippen molar-refractivity contribution in [2.75, 3.05) is 18.9 Å². The van der Waals surface area contributed by atoms with Crippen molar-refractivity contribution in [2.45, 2.75) is 45.1 Å². The van der Waals surface area contributed by atoms with Crippen molar-refractivity contribution in [3.05, 3.63) is 23.8 Å². The number of carboxylic acid groups (broad SMARTS) is 1. The summed E-state index contributed by atoms with van der Waals surface area (Å²) in [6.07, 6.45) is 0. The van der Waals surface area contributed by atoms with Gasteiger partial charge in [0.2, 0.25) is 10.0 Å². The zero-order valence-electron chi connectivity index (χ0n) is 16.0. The van der Waals surface area contributed by atoms with Gasteiger partial charge in [-0.25, -0.2) is 17.9 Å². The van der Waals surface area contributed by atoms with Gasteiger partial charge in [0.1, 0.15) is 0 Å². The molecule has 1 aromatic rings. The number of hydrogen-bond donors (Lipinski definition) is 3. The highest BCUT2D eigenvalue weighted by Crippen LogP contribution is 2.22. The molecule has 1 atom stereocenters. The predicted octanol–water partition coefficient (Wildman–Crippen LogP) is 2.26. The minimum Gasteiger partial charge on any atom is -0.481 e. The molecule has 0 aliphatic carbocycles. The number of benzene rings is 1. The zero-order valence-corrected chi connectivity index (χ0v) is 16.8. The molecule has 0 spiro atoms. The van der Waals surface area contributed by atoms with Crippen LogP contribution in [0.1, 0.15) is 33.3 Å². The van der Waals surface area contributed by atoms with Gasteiger partial charge in [0.15, 0.2) is 0 Å². The fraction of sp³-hybridized carbons (Fsp3) is 0.529. The van der Waals surface area contributed by atoms with E-state index in [-0.39, 0.29) is 11.4 Å². The van der Waals surface area contributed by atoms with E-state index in [4.69, 9.17) is 5.11 Å². The van der Waals surface area contributed by atoms with E-state index in [1.807, 2.05) is 0 Å². The van der Waals surface area contributed by atoms with Gasteiger partial charge in [0.25, 0.3) is 0 Å². The number of sulfonamides is 1. The highest BCUT2D eigenvalue weighted by atomic mass is 32.2. The molecule has 0 aliphatic heterocycles. The second kappa shape index (κ2) is 8.05. The van der Waals surface area contributed by atoms with E-state index in [0.717, 1.165) is 0 Å². The van der Waals surface area contributed by atoms with Crippen LogP contribution in [0.3, 0.4) is 0 Å². The monoisotopic (exact) mass is 385 g/mol. The summed E-state index contributed by atoms with van der Waals surface area (Å²) in [6.45, 7) is 8.42. The summed E-state index contributed by atoms with van der Waals surface area (Å²) in [4.78, 5) is 24.4. The first kappa shape index (κ1) is 21.9. The lowest BCUT2D eigenvalue weighted by molar-refractivity contribution is -0.141. The Labute approximate surface area is 154 Å². The number of rotatable bonds is 6. The maximum absolute atomic E-state index is 12.6. The number of amides is 2. The summed E-state index contributed by atoms with van der Waals surface area (Å²) < 4.78 is 27.7. The van der Waals surface area contributed by atoms with Crippen LogP contribution in [0.5, 0.6) is 0 Å². The average Bonchev–Trinajstić information content (AvgIpc) is 2.46. The van der Waals surface area contributed by atoms with Crippen molar-refractivity contribution < 1.29 is 23.1 Å². The Hall–Kier alpha value is -2.13. The third-order valence-electron chi connectivity index (χ3n) is 3.49. The minimum absolute atomic E-state index is 0.0315. The molecular weight excluding hydrogens is 358 g/mol. The highest BCUT2D eigenvalue weighted by molar-refractivity contribution is 7.89. The van der Waals surface area contributed by atoms with E-state index in [9.17, 15) is 18.0 Å². The van der Waals surface area contributed by atoms with Crippen molar-refractivity contribution >= 4 is 27.7 Å². The number of nitrogens with one attached hydrogen (secondary N) is 2. The largest absolute Gasteiger partial charge is 0.481 e. The van der Waals surface area contributed by atoms with Gasteiger partial charge in [-0.05, 0) is 45.4 Å². The summed E-state index contributed by atoms with van der Waals surface area (Å²) in [7, 11) is -2.28. The summed E-state index contributed by atoms with van der Waals surface area (Å²) in [5, 5.41) is 11.5. The van der Waals surface area contributed by atoms with Crippen LogP contribution in [-0.4, -0.2) is 49.6 Å². The van der Waals surface area contributed by atoms with Gasteiger partial charge < -0.3 is 15.3 Å². The van der Waals surface area contributed by atoms with Crippen LogP contribution < -0.4 is 10.0 Å². The van der Waals surface area contributed by atoms with Gasteiger partial charge in [-0.1, -0.05) is 13.0 Å². The summed E-state index contributed by atoms with van der Waals surface area (Å²) in [5.74, 6) is -1.71. The number of aryl methyl sites for hydroxylation is 1. The Kier molecular flexibility index (Phi) is 6.78. The fourth-order valence-electron chi connectivity index (χ4n) is 2.22. The van der Waals surface area contributed by atoms with Crippen LogP contribution in [0.4, 0.5) is 10.5 Å². The molecule has 0 bridgehead atoms. The second-order valence-electron chi connectivity index (χ2n) is 7.39. The van der Waals surface area contributed by atoms with E-state index in [2.05, 4.69) is 10.0 Å². The fourth-order valence-corrected chi connectivity index (χ4v) is 3.91. The first-order chi connectivity index (χ1) is 11.7. The molecule has 0 fully saturated rings. The number of nitrogens with zero attached hydrogens (tertiary/aromatic N) is 1. The molecule has 8 nitrogen and oxygen atoms in total. The topological polar surface area (TPSA) is 116 Å². The Morgan fingerprint density at radius 3 is 2.35 bits per heavy atom. The van der Waals surface area contributed by atoms with E-state index in [0.29, 0.717) is 11.3 Å². The molecule has 1 rings (SSSR count). The maximum Gasteiger partial charge on any atom is 0.321 e. The number of carbonyl (C=O) groups is 2. The molecular formula is C17H27N3O5S. The van der Waals surface area contributed by atoms with Crippen molar-refractivity contribution in [3.8, 4) is 0 Å². The van der Waals surface area contributed by atoms with Crippen molar-refractivity contribution in [1.82, 2.24) is 9.62 Å². The third kappa shape index (κ3) is 6.30. The van der Waals surface area contributed by atoms with Crippen LogP contribution in [0.15, 0.2) is 23.1 Å². The van der Waals surface area contributed by atoms with Crippen molar-refractivity contribution in [1.29, 1.82) is 0 Å². The smallest absolute Gasteiger partial charge is 0.321 e. The standard InChI is InChI=1S/C17H27N3O5S/c1-11-7-8-13(9-14(11)26(24,25)19-17(3,4)5)18-16(23)20(6)10-12(2)15(21)22/h7-9,12,19H,10H2,1-6H3,(H,18,23)(H,21,22). The van der Waals surface area contributed by atoms with Crippen molar-refractivity contribution in [2.24, 2.45) is 5.92 Å². The number of urea groups is 1. The minimum atomic E-state index is -3.75. The molecule has 1 unspecified atom stereocenters. The van der Waals surface area contributed by atoms with Crippen LogP contribution in [0, 0.1) is 12.8 Å². The first-order valence-electron chi connectivity index (χ1n) is 8.12. The molecule has 3 N–H and O–H groups in total. The van der Waals surface area contributed by atoms with Gasteiger partial charge >= 0.3 is 12.0 Å². The molecule has 0 heterocycles. The number of anilines is 1. The Morgan fingerprint density at radius 2 is 1.85 bits per heavy atom. The Morgan fingerprint density at radius 1 is 1.27 bits per heavy atom. The van der Waals surface area contributed by atoms with E-state index in [1.165, 1.54) is 24.9 Å². The molecule has 0 aliphatic rings. The number of aliphatic carboxylic acids is 1. The van der Waals surface area contributed by atoms with Gasteiger partial charge in [-0.3, -0.25) is 4.79 Å². The van der Waals surface area contributed by atoms with E-state index < -0.39 is 33.5 Å². The molecule has 0 saturated carbocycles. The van der Waals surface area contributed by atoms with Gasteiger partial charge in [0, 0.05) is 24.8 Å². The molecule has 26 heavy (non-hydrogen) atoms. The van der Waals surface area contributed by atoms with Crippen LogP contribution >= 0.6 is 0 Å². The quantitative estimate of drug-likeness (QED) is 0.695. The van der Waals surface area contributed by atoms with Crippen LogP contribution in [0.2, 0.25) is 0 Å². The third-order valence-corrected chi connectivity index (χ3v) is 5.39. The predicted molar refractivity (Wildman–Crippen MR) is 99.7 cm³/mol. The molecule has 0 aromatic heterocycles. The average molecular weight is 385 g/mol. The van der Waals surface area contributed by atoms with E-state index in [1.54, 1.807) is 39.8 Å². The Bertz CT molecular complexity index is 784. The highest BCUT2D eigenvalue weighted by Gasteiger charge is 2.24. The van der Waals surface area contributed by atoms with Gasteiger partial charge in [-0.15, -0.1) is 0 Å². The lowest BCUT2D eigenvalue weighted by Gasteiger charge is -2.22. The van der Waals surface area contributed by atoms with Gasteiger partial charge in [0.05, 0.1) is 10.8 Å². The molecule has 1 aromatic carbocycles. The Balaban J connectivity index is 3.00. The lowest BCUT2D eigenvalue weighted by atomic mass is 10.1. The molecule has 0 radical (unpaired) electrons. The molecule has 9 heteroatoms. The summed E-state index contributed by atoms with van der Waals surface area (Å²) in [6, 6.07) is 4.06. The molecule has 146 valence electrons. The lowest BCUT2D eigenvalue weighted by Crippen LogP contribution is -2.40. The van der Waals surface area contributed by atoms with Crippen molar-refractivity contribution in [3.63, 3.8) is 0 Å². The molecule has 0 saturated heterocycles. The SMILES string of the molecule is Cc1ccc(NC(=O)N(C)CC(C)C(=O)O)cc1S(=O)(=O)NC(C)(C)C. The normalized spacial score (nSPS) is 13.2. The number of hydrogen-bond acceptors (Lipinski definition) is 4. The summed E-state index contributed by atoms with van der Waals surface area (Å²) >= 11 is 0. The summed E-state index contributed by atoms with van der Waals surface area (Å²) in [5.41, 5.74) is 0.217. The maximum atomic E-state index is 12.6. The first-order valence-corrected chi connectivity index (χ1v) is 9.61. The molecule has 2 amide bonds. The van der Waals surface area contributed by atoms with Crippen LogP contribution in [0.25, 0.3) is 0 Å². The van der Waals surface area contributed by atoms with Gasteiger partial charge in [-0.2, -0.15) is 0 Å². The second-order valence-corrected chi connectivity index (χ2v) is 9.04.